The van der Waals surface area contributed by atoms with Crippen molar-refractivity contribution in [2.45, 2.75) is 13.5 Å². The number of amides is 1. The van der Waals surface area contributed by atoms with Crippen LogP contribution in [0.25, 0.3) is 0 Å². The fraction of sp³-hybridized carbons (Fsp3) is 0.100. The van der Waals surface area contributed by atoms with Gasteiger partial charge in [0.05, 0.1) is 5.69 Å². The fourth-order valence-corrected chi connectivity index (χ4v) is 3.03. The molecular formula is C20H15FN2O2S. The van der Waals surface area contributed by atoms with Crippen LogP contribution in [0.5, 0.6) is 5.75 Å². The third kappa shape index (κ3) is 4.47. The molecule has 0 unspecified atom stereocenters. The second kappa shape index (κ2) is 7.81. The van der Waals surface area contributed by atoms with Crippen molar-refractivity contribution in [2.75, 3.05) is 0 Å². The highest BCUT2D eigenvalue weighted by Gasteiger charge is 2.14. The van der Waals surface area contributed by atoms with Crippen LogP contribution in [0, 0.1) is 24.6 Å². The number of phenols is 1. The van der Waals surface area contributed by atoms with E-state index in [0.29, 0.717) is 22.1 Å². The number of nitrogens with one attached hydrogen (secondary N) is 1. The van der Waals surface area contributed by atoms with Crippen molar-refractivity contribution in [1.82, 2.24) is 10.3 Å². The van der Waals surface area contributed by atoms with E-state index in [1.807, 2.05) is 0 Å². The number of aromatic hydroxyl groups is 1. The predicted octanol–water partition coefficient (Wildman–Crippen LogP) is 3.63. The molecule has 1 heterocycles. The Morgan fingerprint density at radius 2 is 1.85 bits per heavy atom. The molecule has 1 aromatic heterocycles. The highest BCUT2D eigenvalue weighted by molar-refractivity contribution is 7.14. The van der Waals surface area contributed by atoms with Gasteiger partial charge in [-0.15, -0.1) is 11.3 Å². The normalized spacial score (nSPS) is 10.1. The third-order valence-electron chi connectivity index (χ3n) is 3.55. The molecule has 130 valence electrons. The molecule has 0 saturated carbocycles. The molecule has 0 fully saturated rings. The van der Waals surface area contributed by atoms with Crippen molar-refractivity contribution in [3.05, 3.63) is 81.1 Å². The van der Waals surface area contributed by atoms with Crippen molar-refractivity contribution < 1.29 is 14.3 Å². The Morgan fingerprint density at radius 3 is 2.54 bits per heavy atom. The number of phenolic OH excluding ortho intramolecular Hbond substituents is 1. The number of rotatable bonds is 3. The van der Waals surface area contributed by atoms with Crippen LogP contribution in [-0.2, 0) is 6.54 Å². The topological polar surface area (TPSA) is 62.2 Å². The van der Waals surface area contributed by atoms with Crippen LogP contribution in [0.3, 0.4) is 0 Å². The van der Waals surface area contributed by atoms with Gasteiger partial charge >= 0.3 is 0 Å². The van der Waals surface area contributed by atoms with Gasteiger partial charge in [-0.05, 0) is 54.8 Å². The number of carbonyl (C=O) groups is 1. The summed E-state index contributed by atoms with van der Waals surface area (Å²) in [5, 5.41) is 12.6. The lowest BCUT2D eigenvalue weighted by Gasteiger charge is -2.04. The summed E-state index contributed by atoms with van der Waals surface area (Å²) in [4.78, 5) is 17.2. The minimum atomic E-state index is -0.310. The highest BCUT2D eigenvalue weighted by atomic mass is 32.1. The molecule has 1 amide bonds. The second-order valence-electron chi connectivity index (χ2n) is 5.54. The molecule has 2 N–H and O–H groups in total. The van der Waals surface area contributed by atoms with E-state index in [-0.39, 0.29) is 17.5 Å². The first-order chi connectivity index (χ1) is 12.5. The van der Waals surface area contributed by atoms with E-state index < -0.39 is 0 Å². The molecule has 4 nitrogen and oxygen atoms in total. The maximum absolute atomic E-state index is 12.9. The lowest BCUT2D eigenvalue weighted by atomic mass is 10.2. The van der Waals surface area contributed by atoms with E-state index in [0.717, 1.165) is 11.1 Å². The number of aromatic nitrogens is 1. The largest absolute Gasteiger partial charge is 0.508 e. The number of hydrogen-bond donors (Lipinski definition) is 2. The zero-order valence-electron chi connectivity index (χ0n) is 13.9. The Bertz CT molecular complexity index is 983. The summed E-state index contributed by atoms with van der Waals surface area (Å²) in [5.41, 5.74) is 2.17. The summed E-state index contributed by atoms with van der Waals surface area (Å²) in [5.74, 6) is 5.52. The van der Waals surface area contributed by atoms with Gasteiger partial charge in [-0.2, -0.15) is 0 Å². The van der Waals surface area contributed by atoms with E-state index in [1.165, 1.54) is 23.5 Å². The molecule has 26 heavy (non-hydrogen) atoms. The number of benzene rings is 2. The van der Waals surface area contributed by atoms with Gasteiger partial charge in [0.2, 0.25) is 0 Å². The molecule has 0 aliphatic heterocycles. The van der Waals surface area contributed by atoms with Crippen molar-refractivity contribution in [3.63, 3.8) is 0 Å². The van der Waals surface area contributed by atoms with Crippen LogP contribution in [0.15, 0.2) is 48.5 Å². The summed E-state index contributed by atoms with van der Waals surface area (Å²) < 4.78 is 12.9. The predicted molar refractivity (Wildman–Crippen MR) is 98.5 cm³/mol. The van der Waals surface area contributed by atoms with Gasteiger partial charge in [-0.25, -0.2) is 9.37 Å². The van der Waals surface area contributed by atoms with Crippen molar-refractivity contribution in [3.8, 4) is 17.6 Å². The molecule has 0 aliphatic carbocycles. The molecule has 0 aliphatic rings. The SMILES string of the molecule is Cc1nc(C#Cc2ccc(O)cc2)sc1C(=O)NCc1ccc(F)cc1. The van der Waals surface area contributed by atoms with Crippen LogP contribution in [0.2, 0.25) is 0 Å². The number of hydrogen-bond acceptors (Lipinski definition) is 4. The summed E-state index contributed by atoms with van der Waals surface area (Å²) in [6, 6.07) is 12.5. The van der Waals surface area contributed by atoms with E-state index in [4.69, 9.17) is 0 Å². The molecule has 0 bridgehead atoms. The standard InChI is InChI=1S/C20H15FN2O2S/c1-13-19(20(25)22-12-15-2-7-16(21)8-3-15)26-18(23-13)11-6-14-4-9-17(24)10-5-14/h2-5,7-10,24H,12H2,1H3,(H,22,25). The molecule has 0 radical (unpaired) electrons. The summed E-state index contributed by atoms with van der Waals surface area (Å²) in [6.07, 6.45) is 0. The first-order valence-corrected chi connectivity index (χ1v) is 8.64. The van der Waals surface area contributed by atoms with Crippen LogP contribution >= 0.6 is 11.3 Å². The van der Waals surface area contributed by atoms with E-state index in [1.54, 1.807) is 43.3 Å². The molecule has 2 aromatic carbocycles. The van der Waals surface area contributed by atoms with Crippen LogP contribution < -0.4 is 5.32 Å². The quantitative estimate of drug-likeness (QED) is 0.696. The Balaban J connectivity index is 1.68. The number of aryl methyl sites for hydroxylation is 1. The van der Waals surface area contributed by atoms with Gasteiger partial charge in [-0.3, -0.25) is 4.79 Å². The molecular weight excluding hydrogens is 351 g/mol. The van der Waals surface area contributed by atoms with E-state index in [2.05, 4.69) is 22.1 Å². The average Bonchev–Trinajstić information content (AvgIpc) is 3.01. The number of thiazole rings is 1. The van der Waals surface area contributed by atoms with Crippen LogP contribution in [-0.4, -0.2) is 16.0 Å². The maximum Gasteiger partial charge on any atom is 0.263 e. The first kappa shape index (κ1) is 17.6. The molecule has 0 spiro atoms. The minimum absolute atomic E-state index is 0.181. The van der Waals surface area contributed by atoms with Gasteiger partial charge in [0.15, 0.2) is 5.01 Å². The molecule has 3 rings (SSSR count). The monoisotopic (exact) mass is 366 g/mol. The third-order valence-corrected chi connectivity index (χ3v) is 4.62. The lowest BCUT2D eigenvalue weighted by Crippen LogP contribution is -2.22. The average molecular weight is 366 g/mol. The lowest BCUT2D eigenvalue weighted by molar-refractivity contribution is 0.0954. The van der Waals surface area contributed by atoms with Gasteiger partial charge < -0.3 is 10.4 Å². The number of carbonyl (C=O) groups excluding carboxylic acids is 1. The first-order valence-electron chi connectivity index (χ1n) is 7.82. The smallest absolute Gasteiger partial charge is 0.263 e. The minimum Gasteiger partial charge on any atom is -0.508 e. The summed E-state index contributed by atoms with van der Waals surface area (Å²) >= 11 is 1.22. The van der Waals surface area contributed by atoms with Crippen molar-refractivity contribution >= 4 is 17.2 Å². The zero-order valence-corrected chi connectivity index (χ0v) is 14.7. The van der Waals surface area contributed by atoms with Gasteiger partial charge in [0.25, 0.3) is 5.91 Å². The fourth-order valence-electron chi connectivity index (χ4n) is 2.20. The molecule has 6 heteroatoms. The van der Waals surface area contributed by atoms with Crippen molar-refractivity contribution in [2.24, 2.45) is 0 Å². The zero-order chi connectivity index (χ0) is 18.5. The molecule has 3 aromatic rings. The highest BCUT2D eigenvalue weighted by Crippen LogP contribution is 2.18. The second-order valence-corrected chi connectivity index (χ2v) is 6.54. The molecule has 0 saturated heterocycles. The summed E-state index contributed by atoms with van der Waals surface area (Å²) in [6.45, 7) is 2.07. The van der Waals surface area contributed by atoms with E-state index in [9.17, 15) is 14.3 Å². The van der Waals surface area contributed by atoms with Gasteiger partial charge in [0, 0.05) is 12.1 Å². The van der Waals surface area contributed by atoms with Crippen LogP contribution in [0.4, 0.5) is 4.39 Å². The number of halogens is 1. The Labute approximate surface area is 154 Å². The molecule has 0 atom stereocenters. The van der Waals surface area contributed by atoms with Crippen molar-refractivity contribution in [1.29, 1.82) is 0 Å². The maximum atomic E-state index is 12.9. The Kier molecular flexibility index (Phi) is 5.30. The van der Waals surface area contributed by atoms with Gasteiger partial charge in [-0.1, -0.05) is 18.1 Å². The summed E-state index contributed by atoms with van der Waals surface area (Å²) in [7, 11) is 0. The van der Waals surface area contributed by atoms with E-state index >= 15 is 0 Å². The number of nitrogens with zero attached hydrogens (tertiary/aromatic N) is 1. The van der Waals surface area contributed by atoms with Crippen LogP contribution in [0.1, 0.15) is 31.5 Å². The Morgan fingerprint density at radius 1 is 1.15 bits per heavy atom. The van der Waals surface area contributed by atoms with Gasteiger partial charge in [0.1, 0.15) is 16.4 Å². The Hall–Kier alpha value is -3.17.